The van der Waals surface area contributed by atoms with Crippen LogP contribution in [0.4, 0.5) is 0 Å². The zero-order chi connectivity index (χ0) is 15.8. The summed E-state index contributed by atoms with van der Waals surface area (Å²) in [6, 6.07) is 18.1. The average Bonchev–Trinajstić information content (AvgIpc) is 2.56. The van der Waals surface area contributed by atoms with Crippen LogP contribution < -0.4 is 9.47 Å². The molecule has 0 fully saturated rings. The molecule has 0 amide bonds. The second-order valence-electron chi connectivity index (χ2n) is 5.26. The van der Waals surface area contributed by atoms with Crippen LogP contribution >= 0.6 is 0 Å². The lowest BCUT2D eigenvalue weighted by molar-refractivity contribution is 0.304. The van der Waals surface area contributed by atoms with Crippen molar-refractivity contribution in [2.75, 3.05) is 13.7 Å². The molecule has 0 aliphatic carbocycles. The van der Waals surface area contributed by atoms with Crippen molar-refractivity contribution in [3.63, 3.8) is 0 Å². The average molecular weight is 295 g/mol. The molecule has 3 nitrogen and oxygen atoms in total. The molecule has 0 radical (unpaired) electrons. The third kappa shape index (κ3) is 4.53. The van der Waals surface area contributed by atoms with E-state index < -0.39 is 0 Å². The molecule has 0 heterocycles. The Kier molecular flexibility index (Phi) is 5.85. The van der Waals surface area contributed by atoms with Gasteiger partial charge in [-0.1, -0.05) is 29.8 Å². The molecule has 0 aliphatic heterocycles. The summed E-state index contributed by atoms with van der Waals surface area (Å²) < 4.78 is 10.8. The normalized spacial score (nSPS) is 11.5. The maximum absolute atomic E-state index is 9.32. The first-order valence-electron chi connectivity index (χ1n) is 7.46. The lowest BCUT2D eigenvalue weighted by Crippen LogP contribution is -2.02. The Labute approximate surface area is 132 Å². The summed E-state index contributed by atoms with van der Waals surface area (Å²) in [6.07, 6.45) is 1.65. The molecular weight excluding hydrogens is 274 g/mol. The molecule has 2 aromatic rings. The highest BCUT2D eigenvalue weighted by Crippen LogP contribution is 2.22. The number of nitrogens with zero attached hydrogens (tertiary/aromatic N) is 1. The maximum atomic E-state index is 9.32. The van der Waals surface area contributed by atoms with E-state index in [1.807, 2.05) is 55.5 Å². The summed E-state index contributed by atoms with van der Waals surface area (Å²) in [6.45, 7) is 2.66. The largest absolute Gasteiger partial charge is 0.497 e. The third-order valence-electron chi connectivity index (χ3n) is 3.60. The lowest BCUT2D eigenvalue weighted by Gasteiger charge is -2.11. The maximum Gasteiger partial charge on any atom is 0.119 e. The van der Waals surface area contributed by atoms with E-state index in [0.717, 1.165) is 29.9 Å². The van der Waals surface area contributed by atoms with E-state index in [0.29, 0.717) is 6.61 Å². The van der Waals surface area contributed by atoms with Crippen molar-refractivity contribution < 1.29 is 9.47 Å². The fraction of sp³-hybridized carbons (Fsp3) is 0.316. The van der Waals surface area contributed by atoms with Crippen LogP contribution in [0.2, 0.25) is 0 Å². The van der Waals surface area contributed by atoms with Crippen LogP contribution in [0.3, 0.4) is 0 Å². The fourth-order valence-electron chi connectivity index (χ4n) is 2.25. The Bertz CT molecular complexity index is 611. The van der Waals surface area contributed by atoms with E-state index in [4.69, 9.17) is 9.47 Å². The molecular formula is C19H21NO2. The molecule has 0 bridgehead atoms. The zero-order valence-electron chi connectivity index (χ0n) is 13.1. The Morgan fingerprint density at radius 3 is 2.23 bits per heavy atom. The predicted octanol–water partition coefficient (Wildman–Crippen LogP) is 4.47. The molecule has 2 rings (SSSR count). The Morgan fingerprint density at radius 1 is 1.00 bits per heavy atom. The van der Waals surface area contributed by atoms with Crippen LogP contribution in [0.15, 0.2) is 48.5 Å². The smallest absolute Gasteiger partial charge is 0.119 e. The van der Waals surface area contributed by atoms with Gasteiger partial charge in [-0.05, 0) is 49.6 Å². The Hall–Kier alpha value is -2.47. The van der Waals surface area contributed by atoms with Gasteiger partial charge < -0.3 is 9.47 Å². The second-order valence-corrected chi connectivity index (χ2v) is 5.26. The quantitative estimate of drug-likeness (QED) is 0.708. The van der Waals surface area contributed by atoms with Crippen LogP contribution in [0.1, 0.15) is 29.9 Å². The van der Waals surface area contributed by atoms with Gasteiger partial charge in [-0.25, -0.2) is 0 Å². The Balaban J connectivity index is 1.79. The fourth-order valence-corrected chi connectivity index (χ4v) is 2.25. The van der Waals surface area contributed by atoms with E-state index in [2.05, 4.69) is 6.07 Å². The highest BCUT2D eigenvalue weighted by molar-refractivity contribution is 5.31. The van der Waals surface area contributed by atoms with E-state index in [1.54, 1.807) is 7.11 Å². The monoisotopic (exact) mass is 295 g/mol. The van der Waals surface area contributed by atoms with Gasteiger partial charge in [0.25, 0.3) is 0 Å². The number of aryl methyl sites for hydroxylation is 1. The van der Waals surface area contributed by atoms with Gasteiger partial charge in [-0.15, -0.1) is 0 Å². The van der Waals surface area contributed by atoms with Crippen molar-refractivity contribution in [3.8, 4) is 17.6 Å². The number of ether oxygens (including phenoxy) is 2. The number of hydrogen-bond acceptors (Lipinski definition) is 3. The van der Waals surface area contributed by atoms with E-state index >= 15 is 0 Å². The standard InChI is InChI=1S/C19H21NO2/c1-15-5-7-16(8-6-15)17(14-20)4-3-13-22-19-11-9-18(21-2)10-12-19/h5-12,17H,3-4,13H2,1-2H3. The van der Waals surface area contributed by atoms with Crippen molar-refractivity contribution in [1.82, 2.24) is 0 Å². The molecule has 0 aliphatic rings. The van der Waals surface area contributed by atoms with Gasteiger partial charge >= 0.3 is 0 Å². The minimum absolute atomic E-state index is 0.0694. The molecule has 1 atom stereocenters. The third-order valence-corrected chi connectivity index (χ3v) is 3.60. The topological polar surface area (TPSA) is 42.2 Å². The minimum atomic E-state index is -0.0694. The molecule has 0 aromatic heterocycles. The summed E-state index contributed by atoms with van der Waals surface area (Å²) >= 11 is 0. The van der Waals surface area contributed by atoms with E-state index in [1.165, 1.54) is 5.56 Å². The summed E-state index contributed by atoms with van der Waals surface area (Å²) in [5, 5.41) is 9.32. The number of methoxy groups -OCH3 is 1. The lowest BCUT2D eigenvalue weighted by atomic mass is 9.95. The first kappa shape index (κ1) is 15.9. The first-order valence-corrected chi connectivity index (χ1v) is 7.46. The van der Waals surface area contributed by atoms with Crippen molar-refractivity contribution in [3.05, 3.63) is 59.7 Å². The molecule has 114 valence electrons. The molecule has 0 saturated heterocycles. The van der Waals surface area contributed by atoms with Crippen molar-refractivity contribution in [2.45, 2.75) is 25.7 Å². The van der Waals surface area contributed by atoms with E-state index in [9.17, 15) is 5.26 Å². The van der Waals surface area contributed by atoms with Crippen molar-refractivity contribution >= 4 is 0 Å². The summed E-state index contributed by atoms with van der Waals surface area (Å²) in [5.74, 6) is 1.57. The summed E-state index contributed by atoms with van der Waals surface area (Å²) in [5.41, 5.74) is 2.29. The van der Waals surface area contributed by atoms with Crippen LogP contribution in [0, 0.1) is 18.3 Å². The van der Waals surface area contributed by atoms with Gasteiger partial charge in [0.1, 0.15) is 11.5 Å². The van der Waals surface area contributed by atoms with Crippen LogP contribution in [0.25, 0.3) is 0 Å². The molecule has 1 unspecified atom stereocenters. The Morgan fingerprint density at radius 2 is 1.64 bits per heavy atom. The van der Waals surface area contributed by atoms with Crippen molar-refractivity contribution in [1.29, 1.82) is 5.26 Å². The highest BCUT2D eigenvalue weighted by atomic mass is 16.5. The predicted molar refractivity (Wildman–Crippen MR) is 87.3 cm³/mol. The molecule has 0 saturated carbocycles. The van der Waals surface area contributed by atoms with Crippen molar-refractivity contribution in [2.24, 2.45) is 0 Å². The molecule has 3 heteroatoms. The molecule has 0 N–H and O–H groups in total. The molecule has 22 heavy (non-hydrogen) atoms. The highest BCUT2D eigenvalue weighted by Gasteiger charge is 2.10. The summed E-state index contributed by atoms with van der Waals surface area (Å²) in [4.78, 5) is 0. The van der Waals surface area contributed by atoms with Crippen LogP contribution in [-0.2, 0) is 0 Å². The SMILES string of the molecule is COc1ccc(OCCCC(C#N)c2ccc(C)cc2)cc1. The molecule has 2 aromatic carbocycles. The van der Waals surface area contributed by atoms with Gasteiger partial charge in [0.05, 0.1) is 25.7 Å². The van der Waals surface area contributed by atoms with Crippen LogP contribution in [-0.4, -0.2) is 13.7 Å². The van der Waals surface area contributed by atoms with Gasteiger partial charge in [-0.3, -0.25) is 0 Å². The zero-order valence-corrected chi connectivity index (χ0v) is 13.1. The first-order chi connectivity index (χ1) is 10.7. The number of benzene rings is 2. The summed E-state index contributed by atoms with van der Waals surface area (Å²) in [7, 11) is 1.64. The van der Waals surface area contributed by atoms with Gasteiger partial charge in [0.2, 0.25) is 0 Å². The van der Waals surface area contributed by atoms with Crippen LogP contribution in [0.5, 0.6) is 11.5 Å². The number of rotatable bonds is 7. The minimum Gasteiger partial charge on any atom is -0.497 e. The van der Waals surface area contributed by atoms with Gasteiger partial charge in [-0.2, -0.15) is 5.26 Å². The molecule has 0 spiro atoms. The number of nitriles is 1. The van der Waals surface area contributed by atoms with Gasteiger partial charge in [0, 0.05) is 0 Å². The second kappa shape index (κ2) is 8.09. The van der Waals surface area contributed by atoms with Gasteiger partial charge in [0.15, 0.2) is 0 Å². The number of hydrogen-bond donors (Lipinski definition) is 0. The van der Waals surface area contributed by atoms with E-state index in [-0.39, 0.29) is 5.92 Å².